The van der Waals surface area contributed by atoms with Crippen molar-refractivity contribution in [3.8, 4) is 0 Å². The Balaban J connectivity index is 1.41. The molecule has 0 aromatic heterocycles. The molecule has 0 spiro atoms. The normalized spacial score (nSPS) is 21.0. The van der Waals surface area contributed by atoms with Crippen LogP contribution in [-0.2, 0) is 6.42 Å². The van der Waals surface area contributed by atoms with Crippen molar-refractivity contribution in [2.75, 3.05) is 6.54 Å². The van der Waals surface area contributed by atoms with Crippen molar-refractivity contribution in [1.82, 2.24) is 5.32 Å². The highest BCUT2D eigenvalue weighted by Gasteiger charge is 2.29. The lowest BCUT2D eigenvalue weighted by molar-refractivity contribution is 0.292. The van der Waals surface area contributed by atoms with E-state index in [1.807, 2.05) is 12.1 Å². The Labute approximate surface area is 126 Å². The Kier molecular flexibility index (Phi) is 4.35. The van der Waals surface area contributed by atoms with E-state index in [-0.39, 0.29) is 5.82 Å². The largest absolute Gasteiger partial charge is 0.314 e. The predicted octanol–water partition coefficient (Wildman–Crippen LogP) is 4.21. The minimum Gasteiger partial charge on any atom is -0.314 e. The van der Waals surface area contributed by atoms with Gasteiger partial charge in [0.1, 0.15) is 5.82 Å². The molecule has 1 N–H and O–H groups in total. The molecule has 0 heterocycles. The Morgan fingerprint density at radius 1 is 1.05 bits per heavy atom. The monoisotopic (exact) mass is 283 g/mol. The maximum atomic E-state index is 12.9. The average molecular weight is 283 g/mol. The zero-order chi connectivity index (χ0) is 14.7. The Morgan fingerprint density at radius 2 is 1.76 bits per heavy atom. The summed E-state index contributed by atoms with van der Waals surface area (Å²) in [6.07, 6.45) is 3.42. The molecule has 3 rings (SSSR count). The van der Waals surface area contributed by atoms with Gasteiger partial charge in [0.25, 0.3) is 0 Å². The van der Waals surface area contributed by atoms with Crippen LogP contribution in [0.5, 0.6) is 0 Å². The number of hydrogen-bond donors (Lipinski definition) is 1. The fraction of sp³-hybridized carbons (Fsp3) is 0.368. The third-order valence-electron chi connectivity index (χ3n) is 4.57. The van der Waals surface area contributed by atoms with Gasteiger partial charge >= 0.3 is 0 Å². The molecule has 0 radical (unpaired) electrons. The van der Waals surface area contributed by atoms with Gasteiger partial charge in [-0.05, 0) is 67.5 Å². The fourth-order valence-corrected chi connectivity index (χ4v) is 3.09. The first-order valence-electron chi connectivity index (χ1n) is 7.76. The molecule has 0 saturated heterocycles. The fourth-order valence-electron chi connectivity index (χ4n) is 3.09. The van der Waals surface area contributed by atoms with Crippen molar-refractivity contribution in [1.29, 1.82) is 0 Å². The van der Waals surface area contributed by atoms with Gasteiger partial charge in [0, 0.05) is 6.04 Å². The molecule has 2 heteroatoms. The van der Waals surface area contributed by atoms with Crippen molar-refractivity contribution >= 4 is 0 Å². The standard InChI is InChI=1S/C19H22FN/c1-14-4-2-3-5-15(14)10-11-21-19-12-17(13-19)16-6-8-18(20)9-7-16/h2-9,17,19,21H,10-13H2,1H3. The third kappa shape index (κ3) is 3.51. The SMILES string of the molecule is Cc1ccccc1CCNC1CC(c2ccc(F)cc2)C1. The Hall–Kier alpha value is -1.67. The van der Waals surface area contributed by atoms with Gasteiger partial charge < -0.3 is 5.32 Å². The maximum Gasteiger partial charge on any atom is 0.123 e. The van der Waals surface area contributed by atoms with Crippen LogP contribution in [-0.4, -0.2) is 12.6 Å². The summed E-state index contributed by atoms with van der Waals surface area (Å²) in [5.41, 5.74) is 4.07. The average Bonchev–Trinajstić information content (AvgIpc) is 2.45. The number of benzene rings is 2. The predicted molar refractivity (Wildman–Crippen MR) is 85.0 cm³/mol. The van der Waals surface area contributed by atoms with E-state index in [2.05, 4.69) is 36.5 Å². The highest BCUT2D eigenvalue weighted by Crippen LogP contribution is 2.36. The highest BCUT2D eigenvalue weighted by atomic mass is 19.1. The van der Waals surface area contributed by atoms with Gasteiger partial charge in [-0.25, -0.2) is 4.39 Å². The van der Waals surface area contributed by atoms with E-state index in [4.69, 9.17) is 0 Å². The summed E-state index contributed by atoms with van der Waals surface area (Å²) in [6.45, 7) is 3.20. The van der Waals surface area contributed by atoms with Crippen molar-refractivity contribution in [2.45, 2.75) is 38.1 Å². The van der Waals surface area contributed by atoms with Crippen LogP contribution in [0.3, 0.4) is 0 Å². The summed E-state index contributed by atoms with van der Waals surface area (Å²) in [7, 11) is 0. The summed E-state index contributed by atoms with van der Waals surface area (Å²) in [4.78, 5) is 0. The summed E-state index contributed by atoms with van der Waals surface area (Å²) in [5.74, 6) is 0.451. The topological polar surface area (TPSA) is 12.0 Å². The lowest BCUT2D eigenvalue weighted by Gasteiger charge is -2.36. The van der Waals surface area contributed by atoms with Crippen LogP contribution >= 0.6 is 0 Å². The molecule has 0 bridgehead atoms. The van der Waals surface area contributed by atoms with Crippen LogP contribution < -0.4 is 5.32 Å². The van der Waals surface area contributed by atoms with Crippen molar-refractivity contribution in [2.24, 2.45) is 0 Å². The van der Waals surface area contributed by atoms with Crippen LogP contribution in [0.25, 0.3) is 0 Å². The lowest BCUT2D eigenvalue weighted by atomic mass is 9.76. The molecule has 1 fully saturated rings. The zero-order valence-corrected chi connectivity index (χ0v) is 12.5. The maximum absolute atomic E-state index is 12.9. The van der Waals surface area contributed by atoms with Gasteiger partial charge in [0.05, 0.1) is 0 Å². The lowest BCUT2D eigenvalue weighted by Crippen LogP contribution is -2.41. The van der Waals surface area contributed by atoms with E-state index in [0.29, 0.717) is 12.0 Å². The molecule has 2 aromatic rings. The van der Waals surface area contributed by atoms with Gasteiger partial charge in [0.2, 0.25) is 0 Å². The molecule has 110 valence electrons. The molecule has 1 aliphatic rings. The Morgan fingerprint density at radius 3 is 2.48 bits per heavy atom. The number of rotatable bonds is 5. The van der Waals surface area contributed by atoms with Crippen molar-refractivity contribution in [3.05, 3.63) is 71.0 Å². The minimum atomic E-state index is -0.147. The van der Waals surface area contributed by atoms with Crippen LogP contribution in [0.15, 0.2) is 48.5 Å². The number of hydrogen-bond acceptors (Lipinski definition) is 1. The molecule has 0 unspecified atom stereocenters. The summed E-state index contributed by atoms with van der Waals surface area (Å²) in [6, 6.07) is 16.2. The molecule has 21 heavy (non-hydrogen) atoms. The zero-order valence-electron chi connectivity index (χ0n) is 12.5. The van der Waals surface area contributed by atoms with E-state index in [0.717, 1.165) is 13.0 Å². The molecule has 1 nitrogen and oxygen atoms in total. The van der Waals surface area contributed by atoms with Gasteiger partial charge in [0.15, 0.2) is 0 Å². The molecule has 0 aliphatic heterocycles. The molecule has 0 amide bonds. The molecule has 2 aromatic carbocycles. The van der Waals surface area contributed by atoms with Gasteiger partial charge in [-0.1, -0.05) is 36.4 Å². The minimum absolute atomic E-state index is 0.147. The van der Waals surface area contributed by atoms with Gasteiger partial charge in [-0.2, -0.15) is 0 Å². The highest BCUT2D eigenvalue weighted by molar-refractivity contribution is 5.26. The van der Waals surface area contributed by atoms with Crippen molar-refractivity contribution < 1.29 is 4.39 Å². The molecule has 1 aliphatic carbocycles. The van der Waals surface area contributed by atoms with Crippen molar-refractivity contribution in [3.63, 3.8) is 0 Å². The summed E-state index contributed by atoms with van der Waals surface area (Å²) in [5, 5.41) is 3.63. The smallest absolute Gasteiger partial charge is 0.123 e. The van der Waals surface area contributed by atoms with Crippen LogP contribution in [0.4, 0.5) is 4.39 Å². The second-order valence-electron chi connectivity index (χ2n) is 6.05. The second kappa shape index (κ2) is 6.40. The number of aryl methyl sites for hydroxylation is 1. The quantitative estimate of drug-likeness (QED) is 0.866. The van der Waals surface area contributed by atoms with Gasteiger partial charge in [-0.15, -0.1) is 0 Å². The molecular formula is C19H22FN. The first-order chi connectivity index (χ1) is 10.2. The van der Waals surface area contributed by atoms with E-state index < -0.39 is 0 Å². The van der Waals surface area contributed by atoms with E-state index in [1.54, 1.807) is 12.1 Å². The van der Waals surface area contributed by atoms with Crippen LogP contribution in [0.1, 0.15) is 35.4 Å². The van der Waals surface area contributed by atoms with Crippen LogP contribution in [0.2, 0.25) is 0 Å². The number of nitrogens with one attached hydrogen (secondary N) is 1. The van der Waals surface area contributed by atoms with Gasteiger partial charge in [-0.3, -0.25) is 0 Å². The molecular weight excluding hydrogens is 261 g/mol. The summed E-state index contributed by atoms with van der Waals surface area (Å²) < 4.78 is 12.9. The number of halogens is 1. The van der Waals surface area contributed by atoms with E-state index in [1.165, 1.54) is 29.5 Å². The second-order valence-corrected chi connectivity index (χ2v) is 6.05. The van der Waals surface area contributed by atoms with E-state index in [9.17, 15) is 4.39 Å². The summed E-state index contributed by atoms with van der Waals surface area (Å²) >= 11 is 0. The first kappa shape index (κ1) is 14.3. The molecule has 0 atom stereocenters. The first-order valence-corrected chi connectivity index (χ1v) is 7.76. The molecule has 1 saturated carbocycles. The Bertz CT molecular complexity index is 585. The third-order valence-corrected chi connectivity index (χ3v) is 4.57. The van der Waals surface area contributed by atoms with E-state index >= 15 is 0 Å². The van der Waals surface area contributed by atoms with Crippen LogP contribution in [0, 0.1) is 12.7 Å².